The van der Waals surface area contributed by atoms with Crippen molar-refractivity contribution in [2.45, 2.75) is 0 Å². The molecule has 0 amide bonds. The van der Waals surface area contributed by atoms with Gasteiger partial charge in [-0.05, 0) is 48.5 Å². The second-order valence-corrected chi connectivity index (χ2v) is 5.25. The molecule has 118 valence electrons. The van der Waals surface area contributed by atoms with Crippen molar-refractivity contribution < 1.29 is 4.74 Å². The van der Waals surface area contributed by atoms with Crippen LogP contribution in [0.25, 0.3) is 22.3 Å². The van der Waals surface area contributed by atoms with Crippen molar-refractivity contribution >= 4 is 22.7 Å². The van der Waals surface area contributed by atoms with Crippen molar-refractivity contribution in [2.75, 3.05) is 12.4 Å². The summed E-state index contributed by atoms with van der Waals surface area (Å²) in [7, 11) is 1.65. The molecule has 6 heteroatoms. The molecule has 0 saturated carbocycles. The minimum absolute atomic E-state index is 0.544. The van der Waals surface area contributed by atoms with Gasteiger partial charge in [0, 0.05) is 17.4 Å². The van der Waals surface area contributed by atoms with Gasteiger partial charge in [-0.3, -0.25) is 0 Å². The normalized spacial score (nSPS) is 10.7. The van der Waals surface area contributed by atoms with Crippen LogP contribution in [0.3, 0.4) is 0 Å². The number of hydrogen-bond donors (Lipinski definition) is 2. The van der Waals surface area contributed by atoms with Gasteiger partial charge in [-0.1, -0.05) is 0 Å². The number of H-pyrrole nitrogens is 1. The monoisotopic (exact) mass is 317 g/mol. The van der Waals surface area contributed by atoms with Gasteiger partial charge in [0.25, 0.3) is 0 Å². The second kappa shape index (κ2) is 6.00. The maximum Gasteiger partial charge on any atom is 0.227 e. The fourth-order valence-electron chi connectivity index (χ4n) is 2.48. The first-order chi connectivity index (χ1) is 11.8. The van der Waals surface area contributed by atoms with E-state index in [-0.39, 0.29) is 0 Å². The van der Waals surface area contributed by atoms with Crippen LogP contribution in [-0.4, -0.2) is 27.0 Å². The molecular formula is C18H15N5O. The van der Waals surface area contributed by atoms with Gasteiger partial charge in [-0.25, -0.2) is 15.0 Å². The number of imidazole rings is 1. The summed E-state index contributed by atoms with van der Waals surface area (Å²) < 4.78 is 5.18. The average molecular weight is 317 g/mol. The zero-order valence-corrected chi connectivity index (χ0v) is 13.0. The molecule has 0 unspecified atom stereocenters. The van der Waals surface area contributed by atoms with E-state index < -0.39 is 0 Å². The zero-order valence-electron chi connectivity index (χ0n) is 13.0. The summed E-state index contributed by atoms with van der Waals surface area (Å²) in [5.41, 5.74) is 4.64. The van der Waals surface area contributed by atoms with Gasteiger partial charge in [0.2, 0.25) is 5.95 Å². The Morgan fingerprint density at radius 1 is 1.00 bits per heavy atom. The number of nitrogens with zero attached hydrogens (tertiary/aromatic N) is 3. The van der Waals surface area contributed by atoms with Crippen molar-refractivity contribution in [2.24, 2.45) is 0 Å². The van der Waals surface area contributed by atoms with Gasteiger partial charge in [0.15, 0.2) is 0 Å². The molecule has 2 N–H and O–H groups in total. The third-order valence-electron chi connectivity index (χ3n) is 3.72. The highest BCUT2D eigenvalue weighted by Crippen LogP contribution is 2.23. The van der Waals surface area contributed by atoms with Crippen LogP contribution in [0, 0.1) is 0 Å². The van der Waals surface area contributed by atoms with Gasteiger partial charge in [-0.2, -0.15) is 0 Å². The minimum atomic E-state index is 0.544. The molecule has 4 rings (SSSR count). The average Bonchev–Trinajstić information content (AvgIpc) is 3.10. The van der Waals surface area contributed by atoms with Gasteiger partial charge >= 0.3 is 0 Å². The van der Waals surface area contributed by atoms with E-state index in [2.05, 4.69) is 25.3 Å². The summed E-state index contributed by atoms with van der Waals surface area (Å²) >= 11 is 0. The molecule has 2 aromatic carbocycles. The van der Waals surface area contributed by atoms with Crippen LogP contribution in [0.5, 0.6) is 5.75 Å². The Labute approximate surface area is 138 Å². The van der Waals surface area contributed by atoms with Gasteiger partial charge in [0.05, 0.1) is 30.2 Å². The Hall–Kier alpha value is -3.41. The Kier molecular flexibility index (Phi) is 3.55. The van der Waals surface area contributed by atoms with Crippen LogP contribution in [0.15, 0.2) is 61.1 Å². The fourth-order valence-corrected chi connectivity index (χ4v) is 2.48. The fraction of sp³-hybridized carbons (Fsp3) is 0.0556. The van der Waals surface area contributed by atoms with Crippen LogP contribution < -0.4 is 10.1 Å². The molecule has 2 heterocycles. The lowest BCUT2D eigenvalue weighted by Crippen LogP contribution is -1.97. The molecule has 6 nitrogen and oxygen atoms in total. The van der Waals surface area contributed by atoms with Gasteiger partial charge in [-0.15, -0.1) is 0 Å². The number of benzene rings is 2. The summed E-state index contributed by atoms with van der Waals surface area (Å²) in [4.78, 5) is 16.2. The first-order valence-electron chi connectivity index (χ1n) is 7.49. The molecule has 0 aliphatic heterocycles. The van der Waals surface area contributed by atoms with Gasteiger partial charge < -0.3 is 15.0 Å². The lowest BCUT2D eigenvalue weighted by atomic mass is 10.1. The number of fused-ring (bicyclic) bond motifs is 1. The van der Waals surface area contributed by atoms with Crippen molar-refractivity contribution in [3.05, 3.63) is 61.1 Å². The Morgan fingerprint density at radius 3 is 2.71 bits per heavy atom. The lowest BCUT2D eigenvalue weighted by molar-refractivity contribution is 0.415. The van der Waals surface area contributed by atoms with Crippen LogP contribution in [0.4, 0.5) is 11.6 Å². The van der Waals surface area contributed by atoms with E-state index in [1.807, 2.05) is 48.5 Å². The number of aromatic nitrogens is 4. The number of hydrogen-bond acceptors (Lipinski definition) is 5. The van der Waals surface area contributed by atoms with Crippen molar-refractivity contribution in [3.8, 4) is 17.0 Å². The van der Waals surface area contributed by atoms with Gasteiger partial charge in [0.1, 0.15) is 5.75 Å². The number of methoxy groups -OCH3 is 1. The highest BCUT2D eigenvalue weighted by atomic mass is 16.5. The Bertz CT molecular complexity index is 978. The standard InChI is InChI=1S/C18H15N5O/c1-24-14-5-2-12(3-6-14)15-8-9-19-18(23-15)22-13-4-7-16-17(10-13)21-11-20-16/h2-11H,1H3,(H,20,21)(H,19,22,23). The highest BCUT2D eigenvalue weighted by Gasteiger charge is 2.04. The van der Waals surface area contributed by atoms with E-state index in [9.17, 15) is 0 Å². The first-order valence-corrected chi connectivity index (χ1v) is 7.49. The Morgan fingerprint density at radius 2 is 1.88 bits per heavy atom. The molecule has 0 atom stereocenters. The van der Waals surface area contributed by atoms with E-state index in [0.29, 0.717) is 5.95 Å². The maximum absolute atomic E-state index is 5.18. The van der Waals surface area contributed by atoms with Crippen LogP contribution in [-0.2, 0) is 0 Å². The van der Waals surface area contributed by atoms with E-state index in [1.54, 1.807) is 19.6 Å². The van der Waals surface area contributed by atoms with Crippen LogP contribution in [0.2, 0.25) is 0 Å². The first kappa shape index (κ1) is 14.2. The predicted molar refractivity (Wildman–Crippen MR) is 93.4 cm³/mol. The third-order valence-corrected chi connectivity index (χ3v) is 3.72. The molecule has 0 aliphatic carbocycles. The topological polar surface area (TPSA) is 75.7 Å². The molecule has 0 fully saturated rings. The van der Waals surface area contributed by atoms with E-state index in [4.69, 9.17) is 4.74 Å². The third kappa shape index (κ3) is 2.77. The molecule has 4 aromatic rings. The predicted octanol–water partition coefficient (Wildman–Crippen LogP) is 3.77. The number of nitrogens with one attached hydrogen (secondary N) is 2. The van der Waals surface area contributed by atoms with E-state index in [0.717, 1.165) is 33.7 Å². The molecule has 0 bridgehead atoms. The summed E-state index contributed by atoms with van der Waals surface area (Å²) in [6, 6.07) is 15.5. The molecule has 2 aromatic heterocycles. The van der Waals surface area contributed by atoms with Crippen molar-refractivity contribution in [3.63, 3.8) is 0 Å². The molecular weight excluding hydrogens is 302 g/mol. The molecule has 0 radical (unpaired) electrons. The number of rotatable bonds is 4. The molecule has 0 spiro atoms. The largest absolute Gasteiger partial charge is 0.497 e. The van der Waals surface area contributed by atoms with E-state index >= 15 is 0 Å². The quantitative estimate of drug-likeness (QED) is 0.599. The zero-order chi connectivity index (χ0) is 16.4. The summed E-state index contributed by atoms with van der Waals surface area (Å²) in [6.45, 7) is 0. The number of ether oxygens (including phenoxy) is 1. The van der Waals surface area contributed by atoms with E-state index in [1.165, 1.54) is 0 Å². The van der Waals surface area contributed by atoms with Crippen LogP contribution in [0.1, 0.15) is 0 Å². The molecule has 0 aliphatic rings. The lowest BCUT2D eigenvalue weighted by Gasteiger charge is -2.07. The molecule has 0 saturated heterocycles. The summed E-state index contributed by atoms with van der Waals surface area (Å²) in [6.07, 6.45) is 3.42. The number of anilines is 2. The Balaban J connectivity index is 1.61. The molecule has 24 heavy (non-hydrogen) atoms. The summed E-state index contributed by atoms with van der Waals surface area (Å²) in [5, 5.41) is 3.22. The number of aromatic amines is 1. The smallest absolute Gasteiger partial charge is 0.227 e. The van der Waals surface area contributed by atoms with Crippen molar-refractivity contribution in [1.29, 1.82) is 0 Å². The second-order valence-electron chi connectivity index (χ2n) is 5.25. The minimum Gasteiger partial charge on any atom is -0.497 e. The maximum atomic E-state index is 5.18. The summed E-state index contributed by atoms with van der Waals surface area (Å²) in [5.74, 6) is 1.36. The SMILES string of the molecule is COc1ccc(-c2ccnc(Nc3ccc4nc[nH]c4c3)n2)cc1. The highest BCUT2D eigenvalue weighted by molar-refractivity contribution is 5.79. The van der Waals surface area contributed by atoms with Crippen LogP contribution >= 0.6 is 0 Å². The van der Waals surface area contributed by atoms with Crippen molar-refractivity contribution in [1.82, 2.24) is 19.9 Å².